The van der Waals surface area contributed by atoms with Gasteiger partial charge in [0, 0.05) is 23.8 Å². The molecular formula is C22H24ClN5. The fourth-order valence-corrected chi connectivity index (χ4v) is 3.81. The molecule has 1 aliphatic rings. The molecule has 0 bridgehead atoms. The lowest BCUT2D eigenvalue weighted by molar-refractivity contribution is 0.400. The van der Waals surface area contributed by atoms with E-state index >= 15 is 0 Å². The van der Waals surface area contributed by atoms with Crippen molar-refractivity contribution in [3.63, 3.8) is 0 Å². The number of aryl methyl sites for hydroxylation is 1. The molecule has 5 nitrogen and oxygen atoms in total. The van der Waals surface area contributed by atoms with E-state index in [1.807, 2.05) is 25.1 Å². The third-order valence-electron chi connectivity index (χ3n) is 5.27. The standard InChI is InChI=1S/C22H24ClN5/c1-16-7-8-19(23)14-20(16)25-21-15-24-27-22(26-21)28-11-9-18(10-12-28)13-17-5-3-2-4-6-17/h2-8,14-15,18H,9-13H2,1H3,(H,25,26,27). The summed E-state index contributed by atoms with van der Waals surface area (Å²) in [5.41, 5.74) is 3.45. The van der Waals surface area contributed by atoms with Gasteiger partial charge in [-0.3, -0.25) is 0 Å². The van der Waals surface area contributed by atoms with Crippen molar-refractivity contribution >= 4 is 29.1 Å². The minimum absolute atomic E-state index is 0.682. The molecule has 0 spiro atoms. The maximum absolute atomic E-state index is 6.11. The van der Waals surface area contributed by atoms with Crippen LogP contribution >= 0.6 is 11.6 Å². The Morgan fingerprint density at radius 3 is 2.68 bits per heavy atom. The van der Waals surface area contributed by atoms with Gasteiger partial charge in [0.25, 0.3) is 0 Å². The van der Waals surface area contributed by atoms with Crippen molar-refractivity contribution < 1.29 is 0 Å². The van der Waals surface area contributed by atoms with E-state index in [2.05, 4.69) is 55.7 Å². The predicted octanol–water partition coefficient (Wildman–Crippen LogP) is 5.04. The summed E-state index contributed by atoms with van der Waals surface area (Å²) in [6, 6.07) is 16.5. The first kappa shape index (κ1) is 18.7. The van der Waals surface area contributed by atoms with Gasteiger partial charge in [0.15, 0.2) is 5.82 Å². The lowest BCUT2D eigenvalue weighted by Gasteiger charge is -2.31. The highest BCUT2D eigenvalue weighted by Crippen LogP contribution is 2.26. The molecule has 1 saturated heterocycles. The Kier molecular flexibility index (Phi) is 5.72. The number of nitrogens with zero attached hydrogens (tertiary/aromatic N) is 4. The first-order chi connectivity index (χ1) is 13.7. The van der Waals surface area contributed by atoms with Crippen LogP contribution in [-0.4, -0.2) is 28.3 Å². The molecule has 28 heavy (non-hydrogen) atoms. The molecule has 0 atom stereocenters. The summed E-state index contributed by atoms with van der Waals surface area (Å²) in [5, 5.41) is 12.4. The monoisotopic (exact) mass is 393 g/mol. The first-order valence-corrected chi connectivity index (χ1v) is 10.1. The van der Waals surface area contributed by atoms with Crippen molar-refractivity contribution in [1.82, 2.24) is 15.2 Å². The quantitative estimate of drug-likeness (QED) is 0.658. The second-order valence-corrected chi connectivity index (χ2v) is 7.78. The Labute approximate surface area is 170 Å². The van der Waals surface area contributed by atoms with Gasteiger partial charge in [-0.1, -0.05) is 48.0 Å². The summed E-state index contributed by atoms with van der Waals surface area (Å²) in [4.78, 5) is 6.90. The van der Waals surface area contributed by atoms with Crippen LogP contribution in [0.4, 0.5) is 17.5 Å². The molecule has 1 aromatic heterocycles. The van der Waals surface area contributed by atoms with Crippen LogP contribution in [0.15, 0.2) is 54.7 Å². The molecule has 3 aromatic rings. The zero-order valence-electron chi connectivity index (χ0n) is 16.0. The molecule has 144 valence electrons. The lowest BCUT2D eigenvalue weighted by atomic mass is 9.90. The first-order valence-electron chi connectivity index (χ1n) is 9.69. The van der Waals surface area contributed by atoms with Gasteiger partial charge in [0.1, 0.15) is 0 Å². The SMILES string of the molecule is Cc1ccc(Cl)cc1Nc1cnnc(N2CCC(Cc3ccccc3)CC2)n1. The maximum atomic E-state index is 6.11. The van der Waals surface area contributed by atoms with Crippen LogP contribution in [0.1, 0.15) is 24.0 Å². The fraction of sp³-hybridized carbons (Fsp3) is 0.318. The normalized spacial score (nSPS) is 14.9. The van der Waals surface area contributed by atoms with Gasteiger partial charge in [-0.15, -0.1) is 5.10 Å². The highest BCUT2D eigenvalue weighted by atomic mass is 35.5. The molecule has 0 radical (unpaired) electrons. The predicted molar refractivity (Wildman–Crippen MR) is 114 cm³/mol. The molecule has 0 aliphatic carbocycles. The topological polar surface area (TPSA) is 53.9 Å². The van der Waals surface area contributed by atoms with Gasteiger partial charge in [-0.05, 0) is 55.4 Å². The zero-order valence-corrected chi connectivity index (χ0v) is 16.7. The molecule has 2 heterocycles. The van der Waals surface area contributed by atoms with Gasteiger partial charge >= 0.3 is 0 Å². The molecule has 2 aromatic carbocycles. The van der Waals surface area contributed by atoms with Crippen molar-refractivity contribution in [2.75, 3.05) is 23.3 Å². The van der Waals surface area contributed by atoms with Crippen LogP contribution in [0.5, 0.6) is 0 Å². The van der Waals surface area contributed by atoms with Gasteiger partial charge in [-0.25, -0.2) is 0 Å². The number of aromatic nitrogens is 3. The van der Waals surface area contributed by atoms with E-state index in [0.29, 0.717) is 22.7 Å². The summed E-state index contributed by atoms with van der Waals surface area (Å²) in [6.07, 6.45) is 5.07. The van der Waals surface area contributed by atoms with Crippen LogP contribution < -0.4 is 10.2 Å². The third kappa shape index (κ3) is 4.60. The molecule has 1 fully saturated rings. The smallest absolute Gasteiger partial charge is 0.247 e. The molecule has 1 aliphatic heterocycles. The Balaban J connectivity index is 1.39. The van der Waals surface area contributed by atoms with E-state index in [0.717, 1.165) is 43.6 Å². The fourth-order valence-electron chi connectivity index (χ4n) is 3.64. The van der Waals surface area contributed by atoms with Crippen LogP contribution in [0.3, 0.4) is 0 Å². The van der Waals surface area contributed by atoms with Gasteiger partial charge in [-0.2, -0.15) is 10.1 Å². The van der Waals surface area contributed by atoms with E-state index in [1.54, 1.807) is 6.20 Å². The highest BCUT2D eigenvalue weighted by molar-refractivity contribution is 6.30. The van der Waals surface area contributed by atoms with E-state index in [-0.39, 0.29) is 0 Å². The van der Waals surface area contributed by atoms with Gasteiger partial charge < -0.3 is 10.2 Å². The van der Waals surface area contributed by atoms with Crippen molar-refractivity contribution in [1.29, 1.82) is 0 Å². The third-order valence-corrected chi connectivity index (χ3v) is 5.51. The van der Waals surface area contributed by atoms with Crippen molar-refractivity contribution in [2.24, 2.45) is 5.92 Å². The number of halogens is 1. The lowest BCUT2D eigenvalue weighted by Crippen LogP contribution is -2.35. The van der Waals surface area contributed by atoms with E-state index in [4.69, 9.17) is 11.6 Å². The number of piperidine rings is 1. The summed E-state index contributed by atoms with van der Waals surface area (Å²) in [7, 11) is 0. The van der Waals surface area contributed by atoms with E-state index in [9.17, 15) is 0 Å². The Morgan fingerprint density at radius 2 is 1.89 bits per heavy atom. The van der Waals surface area contributed by atoms with E-state index < -0.39 is 0 Å². The van der Waals surface area contributed by atoms with Crippen LogP contribution in [0.25, 0.3) is 0 Å². The number of hydrogen-bond acceptors (Lipinski definition) is 5. The average Bonchev–Trinajstić information content (AvgIpc) is 2.72. The minimum Gasteiger partial charge on any atom is -0.339 e. The van der Waals surface area contributed by atoms with Crippen molar-refractivity contribution in [2.45, 2.75) is 26.2 Å². The number of anilines is 3. The molecule has 0 saturated carbocycles. The number of nitrogens with one attached hydrogen (secondary N) is 1. The number of rotatable bonds is 5. The van der Waals surface area contributed by atoms with Crippen LogP contribution in [-0.2, 0) is 6.42 Å². The molecule has 6 heteroatoms. The summed E-state index contributed by atoms with van der Waals surface area (Å²) in [5.74, 6) is 2.08. The summed E-state index contributed by atoms with van der Waals surface area (Å²) in [6.45, 7) is 3.95. The number of benzene rings is 2. The summed E-state index contributed by atoms with van der Waals surface area (Å²) < 4.78 is 0. The summed E-state index contributed by atoms with van der Waals surface area (Å²) >= 11 is 6.11. The molecule has 4 rings (SSSR count). The Bertz CT molecular complexity index is 923. The van der Waals surface area contributed by atoms with Crippen molar-refractivity contribution in [3.05, 3.63) is 70.9 Å². The molecule has 1 N–H and O–H groups in total. The second-order valence-electron chi connectivity index (χ2n) is 7.35. The van der Waals surface area contributed by atoms with Crippen molar-refractivity contribution in [3.8, 4) is 0 Å². The van der Waals surface area contributed by atoms with Gasteiger partial charge in [0.2, 0.25) is 5.95 Å². The average molecular weight is 394 g/mol. The van der Waals surface area contributed by atoms with Crippen LogP contribution in [0, 0.1) is 12.8 Å². The highest BCUT2D eigenvalue weighted by Gasteiger charge is 2.21. The largest absolute Gasteiger partial charge is 0.339 e. The number of hydrogen-bond donors (Lipinski definition) is 1. The zero-order chi connectivity index (χ0) is 19.3. The molecule has 0 unspecified atom stereocenters. The maximum Gasteiger partial charge on any atom is 0.247 e. The van der Waals surface area contributed by atoms with E-state index in [1.165, 1.54) is 5.56 Å². The Morgan fingerprint density at radius 1 is 1.11 bits per heavy atom. The molecular weight excluding hydrogens is 370 g/mol. The van der Waals surface area contributed by atoms with Gasteiger partial charge in [0.05, 0.1) is 6.20 Å². The minimum atomic E-state index is 0.682. The Hall–Kier alpha value is -2.66. The second kappa shape index (κ2) is 8.57. The molecule has 0 amide bonds. The van der Waals surface area contributed by atoms with Crippen LogP contribution in [0.2, 0.25) is 5.02 Å².